The highest BCUT2D eigenvalue weighted by Gasteiger charge is 1.89. The Hall–Kier alpha value is -3.35. The third-order valence-corrected chi connectivity index (χ3v) is 2.68. The molecule has 108 valence electrons. The van der Waals surface area contributed by atoms with Crippen LogP contribution in [0.4, 0.5) is 0 Å². The molecule has 0 atom stereocenters. The molecule has 0 fully saturated rings. The second-order valence-electron chi connectivity index (χ2n) is 3.99. The SMILES string of the molecule is C=O.c1ccc2nnncc2c1.c1ccc2nnncc2c1. The van der Waals surface area contributed by atoms with E-state index in [0.29, 0.717) is 0 Å². The molecule has 0 amide bonds. The molecule has 2 aromatic heterocycles. The van der Waals surface area contributed by atoms with E-state index in [1.807, 2.05) is 55.3 Å². The van der Waals surface area contributed by atoms with Gasteiger partial charge in [0.25, 0.3) is 0 Å². The maximum Gasteiger partial charge on any atom is 0.106 e. The van der Waals surface area contributed by atoms with Crippen LogP contribution < -0.4 is 0 Å². The topological polar surface area (TPSA) is 94.4 Å². The largest absolute Gasteiger partial charge is 0.307 e. The standard InChI is InChI=1S/2C7H5N3.CH2O/c2*1-2-4-7-6(3-1)5-8-10-9-7;1-2/h2*1-5H;1H2. The summed E-state index contributed by atoms with van der Waals surface area (Å²) >= 11 is 0. The van der Waals surface area contributed by atoms with E-state index in [4.69, 9.17) is 4.79 Å². The monoisotopic (exact) mass is 292 g/mol. The van der Waals surface area contributed by atoms with Gasteiger partial charge in [0.15, 0.2) is 0 Å². The number of benzene rings is 2. The summed E-state index contributed by atoms with van der Waals surface area (Å²) in [5, 5.41) is 24.0. The maximum absolute atomic E-state index is 8.00. The Labute approximate surface area is 126 Å². The highest BCUT2D eigenvalue weighted by Crippen LogP contribution is 2.06. The molecule has 2 heterocycles. The summed E-state index contributed by atoms with van der Waals surface area (Å²) in [6.45, 7) is 2.00. The van der Waals surface area contributed by atoms with Gasteiger partial charge in [-0.05, 0) is 22.6 Å². The van der Waals surface area contributed by atoms with Gasteiger partial charge in [-0.2, -0.15) is 0 Å². The number of carbonyl (C=O) groups excluding carboxylic acids is 1. The van der Waals surface area contributed by atoms with Crippen LogP contribution in [0.15, 0.2) is 60.9 Å². The van der Waals surface area contributed by atoms with E-state index in [1.54, 1.807) is 12.4 Å². The molecule has 0 aliphatic heterocycles. The summed E-state index contributed by atoms with van der Waals surface area (Å²) in [5.41, 5.74) is 1.77. The van der Waals surface area contributed by atoms with Crippen molar-refractivity contribution in [2.45, 2.75) is 0 Å². The summed E-state index contributed by atoms with van der Waals surface area (Å²) in [5.74, 6) is 0. The molecule has 22 heavy (non-hydrogen) atoms. The molecule has 0 radical (unpaired) electrons. The lowest BCUT2D eigenvalue weighted by Gasteiger charge is -1.89. The number of hydrogen-bond donors (Lipinski definition) is 0. The van der Waals surface area contributed by atoms with Crippen molar-refractivity contribution < 1.29 is 4.79 Å². The molecule has 0 saturated heterocycles. The Morgan fingerprint density at radius 2 is 1.05 bits per heavy atom. The fraction of sp³-hybridized carbons (Fsp3) is 0. The lowest BCUT2D eigenvalue weighted by Crippen LogP contribution is -1.85. The molecule has 0 aliphatic rings. The van der Waals surface area contributed by atoms with Crippen molar-refractivity contribution in [2.24, 2.45) is 0 Å². The average molecular weight is 292 g/mol. The molecule has 0 unspecified atom stereocenters. The first-order valence-electron chi connectivity index (χ1n) is 6.28. The number of carbonyl (C=O) groups is 1. The second-order valence-corrected chi connectivity index (χ2v) is 3.99. The van der Waals surface area contributed by atoms with Crippen molar-refractivity contribution in [1.82, 2.24) is 30.8 Å². The first-order valence-corrected chi connectivity index (χ1v) is 6.28. The number of fused-ring (bicyclic) bond motifs is 2. The molecule has 0 spiro atoms. The molecule has 0 saturated carbocycles. The highest BCUT2D eigenvalue weighted by molar-refractivity contribution is 5.76. The van der Waals surface area contributed by atoms with Crippen molar-refractivity contribution in [1.29, 1.82) is 0 Å². The molecule has 0 N–H and O–H groups in total. The average Bonchev–Trinajstić information content (AvgIpc) is 2.64. The van der Waals surface area contributed by atoms with E-state index in [1.165, 1.54) is 0 Å². The molecular weight excluding hydrogens is 280 g/mol. The summed E-state index contributed by atoms with van der Waals surface area (Å²) in [7, 11) is 0. The highest BCUT2D eigenvalue weighted by atomic mass is 16.1. The van der Waals surface area contributed by atoms with E-state index < -0.39 is 0 Å². The van der Waals surface area contributed by atoms with Crippen molar-refractivity contribution in [2.75, 3.05) is 0 Å². The molecule has 2 aromatic carbocycles. The Morgan fingerprint density at radius 3 is 1.45 bits per heavy atom. The van der Waals surface area contributed by atoms with Crippen LogP contribution in [0.2, 0.25) is 0 Å². The van der Waals surface area contributed by atoms with E-state index >= 15 is 0 Å². The first kappa shape index (κ1) is 15.0. The van der Waals surface area contributed by atoms with Gasteiger partial charge in [0.05, 0.1) is 23.4 Å². The van der Waals surface area contributed by atoms with Gasteiger partial charge < -0.3 is 4.79 Å². The zero-order valence-corrected chi connectivity index (χ0v) is 11.6. The number of rotatable bonds is 0. The Kier molecular flexibility index (Phi) is 5.51. The quantitative estimate of drug-likeness (QED) is 0.488. The van der Waals surface area contributed by atoms with Gasteiger partial charge in [-0.15, -0.1) is 20.4 Å². The Bertz CT molecular complexity index is 652. The van der Waals surface area contributed by atoms with Gasteiger partial charge >= 0.3 is 0 Å². The first-order chi connectivity index (χ1) is 10.9. The van der Waals surface area contributed by atoms with Gasteiger partial charge in [0.1, 0.15) is 6.79 Å². The lowest BCUT2D eigenvalue weighted by atomic mass is 10.2. The number of nitrogens with zero attached hydrogens (tertiary/aromatic N) is 6. The smallest absolute Gasteiger partial charge is 0.106 e. The van der Waals surface area contributed by atoms with Crippen LogP contribution in [0.3, 0.4) is 0 Å². The van der Waals surface area contributed by atoms with Crippen LogP contribution in [0.25, 0.3) is 21.8 Å². The van der Waals surface area contributed by atoms with Gasteiger partial charge in [-0.25, -0.2) is 0 Å². The predicted octanol–water partition coefficient (Wildman–Crippen LogP) is 1.86. The summed E-state index contributed by atoms with van der Waals surface area (Å²) in [6.07, 6.45) is 3.39. The number of hydrogen-bond acceptors (Lipinski definition) is 7. The minimum absolute atomic E-state index is 0.887. The van der Waals surface area contributed by atoms with Crippen molar-refractivity contribution in [3.8, 4) is 0 Å². The van der Waals surface area contributed by atoms with Gasteiger partial charge in [-0.3, -0.25) is 0 Å². The van der Waals surface area contributed by atoms with Gasteiger partial charge in [0.2, 0.25) is 0 Å². The van der Waals surface area contributed by atoms with E-state index in [0.717, 1.165) is 21.8 Å². The van der Waals surface area contributed by atoms with E-state index in [-0.39, 0.29) is 0 Å². The molecule has 4 aromatic rings. The summed E-state index contributed by atoms with van der Waals surface area (Å²) in [4.78, 5) is 8.00. The van der Waals surface area contributed by atoms with Crippen LogP contribution in [-0.4, -0.2) is 37.6 Å². The molecule has 7 heteroatoms. The fourth-order valence-corrected chi connectivity index (χ4v) is 1.70. The van der Waals surface area contributed by atoms with Crippen LogP contribution in [-0.2, 0) is 4.79 Å². The van der Waals surface area contributed by atoms with Crippen LogP contribution >= 0.6 is 0 Å². The van der Waals surface area contributed by atoms with Gasteiger partial charge in [-0.1, -0.05) is 36.4 Å². The third-order valence-electron chi connectivity index (χ3n) is 2.68. The third kappa shape index (κ3) is 3.83. The van der Waals surface area contributed by atoms with Crippen LogP contribution in [0, 0.1) is 0 Å². The van der Waals surface area contributed by atoms with Crippen molar-refractivity contribution in [3.05, 3.63) is 60.9 Å². The molecular formula is C15H12N6O. The van der Waals surface area contributed by atoms with E-state index in [2.05, 4.69) is 30.8 Å². The van der Waals surface area contributed by atoms with Crippen molar-refractivity contribution in [3.63, 3.8) is 0 Å². The zero-order valence-electron chi connectivity index (χ0n) is 11.6. The minimum atomic E-state index is 0.887. The van der Waals surface area contributed by atoms with Gasteiger partial charge in [0, 0.05) is 10.8 Å². The Morgan fingerprint density at radius 1 is 0.636 bits per heavy atom. The van der Waals surface area contributed by atoms with Crippen LogP contribution in [0.1, 0.15) is 0 Å². The summed E-state index contributed by atoms with van der Waals surface area (Å²) < 4.78 is 0. The molecule has 7 nitrogen and oxygen atoms in total. The van der Waals surface area contributed by atoms with Crippen molar-refractivity contribution >= 4 is 28.6 Å². The summed E-state index contributed by atoms with van der Waals surface area (Å²) in [6, 6.07) is 15.5. The normalized spacial score (nSPS) is 9.27. The van der Waals surface area contributed by atoms with Crippen LogP contribution in [0.5, 0.6) is 0 Å². The molecule has 0 aliphatic carbocycles. The molecule has 0 bridgehead atoms. The number of aromatic nitrogens is 6. The Balaban J connectivity index is 0.000000144. The fourth-order valence-electron chi connectivity index (χ4n) is 1.70. The minimum Gasteiger partial charge on any atom is -0.307 e. The second kappa shape index (κ2) is 8.05. The predicted molar refractivity (Wildman–Crippen MR) is 81.8 cm³/mol. The maximum atomic E-state index is 8.00. The van der Waals surface area contributed by atoms with E-state index in [9.17, 15) is 0 Å². The zero-order chi connectivity index (χ0) is 15.6. The molecule has 4 rings (SSSR count). The lowest BCUT2D eigenvalue weighted by molar-refractivity contribution is -0.0979.